The standard InChI is InChI=1S/C18H13N5O2S/c1-10-6-8-26-15(10)17(25)23-18-21-14(16(24)22-18)9-11-4-5-12-13(20-11)3-2-7-19-12/h2-9H,1H3,(H2,21,22,23,24,25)/b14-9+. The fourth-order valence-electron chi connectivity index (χ4n) is 2.49. The minimum absolute atomic E-state index is 0.113. The van der Waals surface area contributed by atoms with E-state index in [1.165, 1.54) is 11.3 Å². The maximum absolute atomic E-state index is 12.2. The first kappa shape index (κ1) is 16.1. The van der Waals surface area contributed by atoms with Gasteiger partial charge in [0, 0.05) is 6.20 Å². The summed E-state index contributed by atoms with van der Waals surface area (Å²) in [5.41, 5.74) is 3.14. The summed E-state index contributed by atoms with van der Waals surface area (Å²) in [4.78, 5) is 37.7. The molecule has 128 valence electrons. The molecule has 1 aliphatic rings. The van der Waals surface area contributed by atoms with Gasteiger partial charge in [-0.25, -0.2) is 9.98 Å². The molecule has 2 N–H and O–H groups in total. The van der Waals surface area contributed by atoms with E-state index in [1.54, 1.807) is 24.4 Å². The van der Waals surface area contributed by atoms with Crippen LogP contribution in [0.2, 0.25) is 0 Å². The van der Waals surface area contributed by atoms with Crippen molar-refractivity contribution >= 4 is 46.2 Å². The molecule has 0 bridgehead atoms. The number of aryl methyl sites for hydroxylation is 1. The summed E-state index contributed by atoms with van der Waals surface area (Å²) in [6.45, 7) is 1.85. The molecule has 0 aromatic carbocycles. The predicted molar refractivity (Wildman–Crippen MR) is 99.6 cm³/mol. The molecule has 0 saturated heterocycles. The number of aliphatic imine (C=N–C) groups is 1. The van der Waals surface area contributed by atoms with Gasteiger partial charge in [0.1, 0.15) is 5.70 Å². The van der Waals surface area contributed by atoms with E-state index in [-0.39, 0.29) is 17.6 Å². The smallest absolute Gasteiger partial charge is 0.276 e. The van der Waals surface area contributed by atoms with Crippen molar-refractivity contribution in [2.45, 2.75) is 6.92 Å². The molecule has 0 saturated carbocycles. The number of amides is 2. The van der Waals surface area contributed by atoms with E-state index in [0.717, 1.165) is 16.6 Å². The van der Waals surface area contributed by atoms with Crippen LogP contribution in [0.1, 0.15) is 20.9 Å². The van der Waals surface area contributed by atoms with Crippen LogP contribution in [0.5, 0.6) is 0 Å². The second-order valence-corrected chi connectivity index (χ2v) is 6.52. The summed E-state index contributed by atoms with van der Waals surface area (Å²) in [7, 11) is 0. The first-order chi connectivity index (χ1) is 12.6. The second-order valence-electron chi connectivity index (χ2n) is 5.61. The molecule has 0 radical (unpaired) electrons. The van der Waals surface area contributed by atoms with Gasteiger partial charge in [-0.05, 0) is 54.3 Å². The Bertz CT molecular complexity index is 1100. The third-order valence-corrected chi connectivity index (χ3v) is 4.77. The van der Waals surface area contributed by atoms with E-state index in [4.69, 9.17) is 0 Å². The van der Waals surface area contributed by atoms with Crippen molar-refractivity contribution in [3.05, 3.63) is 63.7 Å². The lowest BCUT2D eigenvalue weighted by atomic mass is 10.2. The van der Waals surface area contributed by atoms with Crippen molar-refractivity contribution in [2.24, 2.45) is 4.99 Å². The predicted octanol–water partition coefficient (Wildman–Crippen LogP) is 2.26. The fraction of sp³-hybridized carbons (Fsp3) is 0.0556. The highest BCUT2D eigenvalue weighted by Crippen LogP contribution is 2.16. The van der Waals surface area contributed by atoms with Crippen molar-refractivity contribution in [1.29, 1.82) is 0 Å². The van der Waals surface area contributed by atoms with Crippen LogP contribution in [0.3, 0.4) is 0 Å². The number of hydrogen-bond acceptors (Lipinski definition) is 6. The van der Waals surface area contributed by atoms with Crippen LogP contribution in [-0.4, -0.2) is 27.7 Å². The monoisotopic (exact) mass is 363 g/mol. The van der Waals surface area contributed by atoms with E-state index in [9.17, 15) is 9.59 Å². The zero-order chi connectivity index (χ0) is 18.1. The van der Waals surface area contributed by atoms with Crippen LogP contribution in [0, 0.1) is 6.92 Å². The molecule has 4 rings (SSSR count). The van der Waals surface area contributed by atoms with Crippen LogP contribution in [-0.2, 0) is 4.79 Å². The zero-order valence-corrected chi connectivity index (χ0v) is 14.5. The Balaban J connectivity index is 1.58. The Kier molecular flexibility index (Phi) is 4.02. The Hall–Kier alpha value is -3.39. The number of fused-ring (bicyclic) bond motifs is 1. The number of carbonyl (C=O) groups excluding carboxylic acids is 2. The van der Waals surface area contributed by atoms with Gasteiger partial charge in [0.25, 0.3) is 11.8 Å². The van der Waals surface area contributed by atoms with Crippen molar-refractivity contribution in [3.63, 3.8) is 0 Å². The SMILES string of the molecule is Cc1ccsc1C(=O)NC1=N/C(=C/c2ccc3ncccc3n2)C(=O)N1. The lowest BCUT2D eigenvalue weighted by Crippen LogP contribution is -2.39. The Morgan fingerprint density at radius 1 is 1.23 bits per heavy atom. The van der Waals surface area contributed by atoms with Crippen LogP contribution in [0.15, 0.2) is 52.6 Å². The van der Waals surface area contributed by atoms with E-state index in [2.05, 4.69) is 25.6 Å². The van der Waals surface area contributed by atoms with Crippen molar-refractivity contribution < 1.29 is 9.59 Å². The minimum atomic E-state index is -0.392. The Morgan fingerprint density at radius 3 is 2.92 bits per heavy atom. The van der Waals surface area contributed by atoms with Crippen molar-refractivity contribution in [1.82, 2.24) is 20.6 Å². The Morgan fingerprint density at radius 2 is 2.12 bits per heavy atom. The quantitative estimate of drug-likeness (QED) is 0.683. The first-order valence-electron chi connectivity index (χ1n) is 7.79. The molecule has 7 nitrogen and oxygen atoms in total. The lowest BCUT2D eigenvalue weighted by molar-refractivity contribution is -0.115. The molecular weight excluding hydrogens is 350 g/mol. The molecule has 3 aromatic rings. The number of aromatic nitrogens is 2. The summed E-state index contributed by atoms with van der Waals surface area (Å²) >= 11 is 1.34. The molecular formula is C18H13N5O2S. The minimum Gasteiger partial charge on any atom is -0.291 e. The summed E-state index contributed by atoms with van der Waals surface area (Å²) in [5, 5.41) is 7.00. The highest BCUT2D eigenvalue weighted by atomic mass is 32.1. The van der Waals surface area contributed by atoms with E-state index >= 15 is 0 Å². The number of guanidine groups is 1. The highest BCUT2D eigenvalue weighted by Gasteiger charge is 2.23. The van der Waals surface area contributed by atoms with Gasteiger partial charge in [-0.15, -0.1) is 11.3 Å². The summed E-state index contributed by atoms with van der Waals surface area (Å²) in [6.07, 6.45) is 3.26. The largest absolute Gasteiger partial charge is 0.291 e. The number of nitrogens with one attached hydrogen (secondary N) is 2. The van der Waals surface area contributed by atoms with Crippen molar-refractivity contribution in [3.8, 4) is 0 Å². The molecule has 0 aliphatic carbocycles. The molecule has 2 amide bonds. The molecule has 26 heavy (non-hydrogen) atoms. The van der Waals surface area contributed by atoms with E-state index in [0.29, 0.717) is 10.6 Å². The van der Waals surface area contributed by atoms with Crippen LogP contribution in [0.25, 0.3) is 17.1 Å². The van der Waals surface area contributed by atoms with E-state index < -0.39 is 5.91 Å². The van der Waals surface area contributed by atoms with Gasteiger partial charge in [-0.1, -0.05) is 0 Å². The molecule has 0 spiro atoms. The number of thiophene rings is 1. The average molecular weight is 363 g/mol. The topological polar surface area (TPSA) is 96.3 Å². The zero-order valence-electron chi connectivity index (χ0n) is 13.7. The number of nitrogens with zero attached hydrogens (tertiary/aromatic N) is 3. The maximum Gasteiger partial charge on any atom is 0.276 e. The number of carbonyl (C=O) groups is 2. The third kappa shape index (κ3) is 3.09. The highest BCUT2D eigenvalue weighted by molar-refractivity contribution is 7.12. The van der Waals surface area contributed by atoms with Gasteiger partial charge in [0.15, 0.2) is 0 Å². The van der Waals surface area contributed by atoms with Crippen LogP contribution in [0.4, 0.5) is 0 Å². The summed E-state index contributed by atoms with van der Waals surface area (Å²) in [5.74, 6) is -0.578. The normalized spacial score (nSPS) is 15.2. The average Bonchev–Trinajstić information content (AvgIpc) is 3.20. The summed E-state index contributed by atoms with van der Waals surface area (Å²) in [6, 6.07) is 9.09. The third-order valence-electron chi connectivity index (χ3n) is 3.76. The van der Waals surface area contributed by atoms with Gasteiger partial charge in [0.2, 0.25) is 5.96 Å². The maximum atomic E-state index is 12.2. The molecule has 3 aromatic heterocycles. The molecule has 0 fully saturated rings. The van der Waals surface area contributed by atoms with Gasteiger partial charge in [0.05, 0.1) is 21.6 Å². The van der Waals surface area contributed by atoms with Gasteiger partial charge < -0.3 is 0 Å². The van der Waals surface area contributed by atoms with Crippen LogP contribution >= 0.6 is 11.3 Å². The van der Waals surface area contributed by atoms with Crippen LogP contribution < -0.4 is 10.6 Å². The van der Waals surface area contributed by atoms with Gasteiger partial charge >= 0.3 is 0 Å². The van der Waals surface area contributed by atoms with Crippen molar-refractivity contribution in [2.75, 3.05) is 0 Å². The van der Waals surface area contributed by atoms with E-state index in [1.807, 2.05) is 30.5 Å². The second kappa shape index (κ2) is 6.49. The molecule has 8 heteroatoms. The molecule has 1 aliphatic heterocycles. The van der Waals surface area contributed by atoms with Gasteiger partial charge in [-0.2, -0.15) is 0 Å². The molecule has 0 atom stereocenters. The number of hydrogen-bond donors (Lipinski definition) is 2. The Labute approximate surface area is 152 Å². The number of pyridine rings is 2. The lowest BCUT2D eigenvalue weighted by Gasteiger charge is -2.02. The molecule has 4 heterocycles. The number of rotatable bonds is 2. The van der Waals surface area contributed by atoms with Gasteiger partial charge in [-0.3, -0.25) is 25.2 Å². The molecule has 0 unspecified atom stereocenters. The summed E-state index contributed by atoms with van der Waals surface area (Å²) < 4.78 is 0. The first-order valence-corrected chi connectivity index (χ1v) is 8.67. The fourth-order valence-corrected chi connectivity index (χ4v) is 3.31.